The van der Waals surface area contributed by atoms with Gasteiger partial charge in [0.05, 0.1) is 11.1 Å². The monoisotopic (exact) mass is 256 g/mol. The molecule has 0 spiro atoms. The highest BCUT2D eigenvalue weighted by atomic mass is 16.4. The first-order valence-electron chi connectivity index (χ1n) is 5.57. The summed E-state index contributed by atoms with van der Waals surface area (Å²) in [6.07, 6.45) is 0. The Morgan fingerprint density at radius 2 is 1.74 bits per heavy atom. The number of rotatable bonds is 3. The number of aromatic carboxylic acids is 1. The normalized spacial score (nSPS) is 9.89. The lowest BCUT2D eigenvalue weighted by Crippen LogP contribution is -2.14. The zero-order chi connectivity index (χ0) is 13.8. The second kappa shape index (κ2) is 5.22. The maximum Gasteiger partial charge on any atom is 0.335 e. The Morgan fingerprint density at radius 1 is 1.05 bits per heavy atom. The summed E-state index contributed by atoms with van der Waals surface area (Å²) in [5.74, 6) is -1.46. The molecule has 0 saturated carbocycles. The van der Waals surface area contributed by atoms with Gasteiger partial charge in [-0.3, -0.25) is 4.79 Å². The summed E-state index contributed by atoms with van der Waals surface area (Å²) in [5, 5.41) is 11.5. The largest absolute Gasteiger partial charge is 0.478 e. The number of anilines is 2. The molecule has 0 aliphatic rings. The van der Waals surface area contributed by atoms with Crippen molar-refractivity contribution in [2.45, 2.75) is 0 Å². The van der Waals surface area contributed by atoms with Crippen molar-refractivity contribution in [3.63, 3.8) is 0 Å². The average Bonchev–Trinajstić information content (AvgIpc) is 2.39. The molecule has 96 valence electrons. The Balaban J connectivity index is 2.22. The smallest absolute Gasteiger partial charge is 0.335 e. The number of para-hydroxylation sites is 1. The van der Waals surface area contributed by atoms with Crippen molar-refractivity contribution in [1.82, 2.24) is 0 Å². The van der Waals surface area contributed by atoms with Crippen molar-refractivity contribution in [3.8, 4) is 0 Å². The Labute approximate surface area is 109 Å². The number of carbonyl (C=O) groups excluding carboxylic acids is 1. The molecule has 2 aromatic carbocycles. The number of nitrogens with two attached hydrogens (primary N) is 1. The third-order valence-electron chi connectivity index (χ3n) is 2.57. The van der Waals surface area contributed by atoms with Crippen LogP contribution in [-0.4, -0.2) is 17.0 Å². The van der Waals surface area contributed by atoms with Gasteiger partial charge in [-0.25, -0.2) is 4.79 Å². The van der Waals surface area contributed by atoms with Crippen LogP contribution in [-0.2, 0) is 0 Å². The number of carbonyl (C=O) groups is 2. The molecular formula is C14H12N2O3. The highest BCUT2D eigenvalue weighted by Crippen LogP contribution is 2.16. The first-order chi connectivity index (χ1) is 9.08. The van der Waals surface area contributed by atoms with Crippen LogP contribution in [0.3, 0.4) is 0 Å². The van der Waals surface area contributed by atoms with Crippen LogP contribution in [0.15, 0.2) is 48.5 Å². The number of nitrogens with one attached hydrogen (secondary N) is 1. The second-order valence-corrected chi connectivity index (χ2v) is 3.93. The third kappa shape index (κ3) is 2.90. The van der Waals surface area contributed by atoms with Crippen molar-refractivity contribution < 1.29 is 14.7 Å². The number of nitrogen functional groups attached to an aromatic ring is 1. The van der Waals surface area contributed by atoms with E-state index in [1.165, 1.54) is 18.2 Å². The molecule has 2 aromatic rings. The predicted molar refractivity (Wildman–Crippen MR) is 72.2 cm³/mol. The van der Waals surface area contributed by atoms with Gasteiger partial charge < -0.3 is 16.2 Å². The fraction of sp³-hybridized carbons (Fsp3) is 0. The van der Waals surface area contributed by atoms with E-state index in [1.807, 2.05) is 6.07 Å². The summed E-state index contributed by atoms with van der Waals surface area (Å²) in [4.78, 5) is 22.7. The number of hydrogen-bond donors (Lipinski definition) is 3. The number of carboxylic acid groups (broad SMARTS) is 1. The van der Waals surface area contributed by atoms with E-state index in [9.17, 15) is 9.59 Å². The molecule has 0 fully saturated rings. The van der Waals surface area contributed by atoms with Gasteiger partial charge in [-0.05, 0) is 30.3 Å². The SMILES string of the molecule is Nc1cc(C(=O)O)ccc1C(=O)Nc1ccccc1. The number of benzene rings is 2. The third-order valence-corrected chi connectivity index (χ3v) is 2.57. The van der Waals surface area contributed by atoms with Crippen LogP contribution in [0.25, 0.3) is 0 Å². The van der Waals surface area contributed by atoms with E-state index in [0.717, 1.165) is 0 Å². The van der Waals surface area contributed by atoms with E-state index in [0.29, 0.717) is 5.69 Å². The lowest BCUT2D eigenvalue weighted by atomic mass is 10.1. The van der Waals surface area contributed by atoms with Crippen molar-refractivity contribution in [1.29, 1.82) is 0 Å². The molecule has 1 amide bonds. The number of carboxylic acids is 1. The van der Waals surface area contributed by atoms with E-state index >= 15 is 0 Å². The minimum Gasteiger partial charge on any atom is -0.478 e. The maximum absolute atomic E-state index is 12.0. The molecule has 0 radical (unpaired) electrons. The molecule has 2 rings (SSSR count). The Morgan fingerprint density at radius 3 is 2.32 bits per heavy atom. The van der Waals surface area contributed by atoms with Crippen LogP contribution < -0.4 is 11.1 Å². The van der Waals surface area contributed by atoms with Crippen LogP contribution in [0, 0.1) is 0 Å². The Kier molecular flexibility index (Phi) is 3.47. The summed E-state index contributed by atoms with van der Waals surface area (Å²) in [5.41, 5.74) is 6.76. The zero-order valence-electron chi connectivity index (χ0n) is 9.96. The van der Waals surface area contributed by atoms with E-state index in [2.05, 4.69) is 5.32 Å². The van der Waals surface area contributed by atoms with Gasteiger partial charge in [-0.15, -0.1) is 0 Å². The molecule has 0 saturated heterocycles. The quantitative estimate of drug-likeness (QED) is 0.734. The summed E-state index contributed by atoms with van der Waals surface area (Å²) in [7, 11) is 0. The van der Waals surface area contributed by atoms with E-state index in [4.69, 9.17) is 10.8 Å². The highest BCUT2D eigenvalue weighted by molar-refractivity contribution is 6.08. The van der Waals surface area contributed by atoms with Gasteiger partial charge in [0.25, 0.3) is 5.91 Å². The Hall–Kier alpha value is -2.82. The predicted octanol–water partition coefficient (Wildman–Crippen LogP) is 2.22. The summed E-state index contributed by atoms with van der Waals surface area (Å²) in [6, 6.07) is 12.9. The molecule has 0 aromatic heterocycles. The van der Waals surface area contributed by atoms with Gasteiger partial charge in [-0.1, -0.05) is 18.2 Å². The van der Waals surface area contributed by atoms with E-state index < -0.39 is 5.97 Å². The van der Waals surface area contributed by atoms with Gasteiger partial charge in [0, 0.05) is 11.4 Å². The van der Waals surface area contributed by atoms with Gasteiger partial charge in [0.15, 0.2) is 0 Å². The van der Waals surface area contributed by atoms with Gasteiger partial charge in [0.2, 0.25) is 0 Å². The van der Waals surface area contributed by atoms with Crippen molar-refractivity contribution in [2.75, 3.05) is 11.1 Å². The molecule has 5 heteroatoms. The molecule has 0 heterocycles. The second-order valence-electron chi connectivity index (χ2n) is 3.93. The van der Waals surface area contributed by atoms with Crippen molar-refractivity contribution in [2.24, 2.45) is 0 Å². The molecule has 0 unspecified atom stereocenters. The van der Waals surface area contributed by atoms with Crippen LogP contribution in [0.1, 0.15) is 20.7 Å². The van der Waals surface area contributed by atoms with Crippen LogP contribution in [0.4, 0.5) is 11.4 Å². The fourth-order valence-electron chi connectivity index (χ4n) is 1.62. The van der Waals surface area contributed by atoms with E-state index in [-0.39, 0.29) is 22.7 Å². The Bertz CT molecular complexity index is 624. The molecule has 0 atom stereocenters. The first kappa shape index (κ1) is 12.6. The number of amides is 1. The van der Waals surface area contributed by atoms with Gasteiger partial charge in [-0.2, -0.15) is 0 Å². The molecule has 5 nitrogen and oxygen atoms in total. The van der Waals surface area contributed by atoms with Crippen LogP contribution in [0.2, 0.25) is 0 Å². The molecule has 0 aliphatic carbocycles. The lowest BCUT2D eigenvalue weighted by molar-refractivity contribution is 0.0696. The van der Waals surface area contributed by atoms with Crippen LogP contribution >= 0.6 is 0 Å². The van der Waals surface area contributed by atoms with Crippen molar-refractivity contribution >= 4 is 23.3 Å². The van der Waals surface area contributed by atoms with Gasteiger partial charge in [0.1, 0.15) is 0 Å². The summed E-state index contributed by atoms with van der Waals surface area (Å²) in [6.45, 7) is 0. The molecular weight excluding hydrogens is 244 g/mol. The molecule has 4 N–H and O–H groups in total. The maximum atomic E-state index is 12.0. The molecule has 19 heavy (non-hydrogen) atoms. The van der Waals surface area contributed by atoms with Crippen molar-refractivity contribution in [3.05, 3.63) is 59.7 Å². The van der Waals surface area contributed by atoms with E-state index in [1.54, 1.807) is 24.3 Å². The average molecular weight is 256 g/mol. The molecule has 0 aliphatic heterocycles. The first-order valence-corrected chi connectivity index (χ1v) is 5.57. The highest BCUT2D eigenvalue weighted by Gasteiger charge is 2.12. The molecule has 0 bridgehead atoms. The zero-order valence-corrected chi connectivity index (χ0v) is 9.96. The standard InChI is InChI=1S/C14H12N2O3/c15-12-8-9(14(18)19)6-7-11(12)13(17)16-10-4-2-1-3-5-10/h1-8H,15H2,(H,16,17)(H,18,19). The topological polar surface area (TPSA) is 92.4 Å². The van der Waals surface area contributed by atoms with Crippen LogP contribution in [0.5, 0.6) is 0 Å². The minimum absolute atomic E-state index is 0.0498. The summed E-state index contributed by atoms with van der Waals surface area (Å²) < 4.78 is 0. The summed E-state index contributed by atoms with van der Waals surface area (Å²) >= 11 is 0. The minimum atomic E-state index is -1.08. The number of hydrogen-bond acceptors (Lipinski definition) is 3. The fourth-order valence-corrected chi connectivity index (χ4v) is 1.62. The van der Waals surface area contributed by atoms with Gasteiger partial charge >= 0.3 is 5.97 Å². The lowest BCUT2D eigenvalue weighted by Gasteiger charge is -2.08.